The topological polar surface area (TPSA) is 87.2 Å². The van der Waals surface area contributed by atoms with Crippen LogP contribution in [0, 0.1) is 17.8 Å². The summed E-state index contributed by atoms with van der Waals surface area (Å²) in [6.07, 6.45) is 8.19. The molecule has 2 saturated heterocycles. The van der Waals surface area contributed by atoms with Crippen molar-refractivity contribution in [1.82, 2.24) is 4.90 Å². The first-order valence-corrected chi connectivity index (χ1v) is 13.5. The first-order valence-electron chi connectivity index (χ1n) is 12.3. The second kappa shape index (κ2) is 9.23. The molecule has 2 fully saturated rings. The van der Waals surface area contributed by atoms with Crippen LogP contribution in [-0.2, 0) is 19.1 Å². The normalized spacial score (nSPS) is 34.3. The lowest BCUT2D eigenvalue weighted by Crippen LogP contribution is -2.57. The Morgan fingerprint density at radius 2 is 1.83 bits per heavy atom. The van der Waals surface area contributed by atoms with E-state index >= 15 is 0 Å². The maximum absolute atomic E-state index is 14.4. The molecule has 0 bridgehead atoms. The largest absolute Gasteiger partial charge is 0.461 e. The minimum atomic E-state index is -0.972. The van der Waals surface area contributed by atoms with Crippen molar-refractivity contribution in [1.29, 1.82) is 0 Å². The van der Waals surface area contributed by atoms with E-state index in [1.165, 1.54) is 11.8 Å². The number of hydrogen-bond acceptors (Lipinski definition) is 6. The molecule has 1 N–H and O–H groups in total. The van der Waals surface area contributed by atoms with E-state index in [1.807, 2.05) is 45.1 Å². The van der Waals surface area contributed by atoms with Crippen molar-refractivity contribution < 1.29 is 24.2 Å². The first kappa shape index (κ1) is 25.4. The second-order valence-corrected chi connectivity index (χ2v) is 12.8. The third-order valence-corrected chi connectivity index (χ3v) is 9.79. The van der Waals surface area contributed by atoms with Gasteiger partial charge in [-0.1, -0.05) is 43.7 Å². The number of aliphatic hydroxyl groups excluding tert-OH is 1. The van der Waals surface area contributed by atoms with E-state index in [1.54, 1.807) is 34.1 Å². The number of amides is 2. The Bertz CT molecular complexity index is 1140. The van der Waals surface area contributed by atoms with Crippen molar-refractivity contribution in [2.75, 3.05) is 24.7 Å². The van der Waals surface area contributed by atoms with Crippen LogP contribution in [0.2, 0.25) is 5.02 Å². The van der Waals surface area contributed by atoms with E-state index in [-0.39, 0.29) is 30.9 Å². The maximum Gasteiger partial charge on any atom is 0.311 e. The molecule has 4 aliphatic heterocycles. The molecule has 0 radical (unpaired) electrons. The Kier molecular flexibility index (Phi) is 6.50. The summed E-state index contributed by atoms with van der Waals surface area (Å²) in [4.78, 5) is 45.2. The highest BCUT2D eigenvalue weighted by Crippen LogP contribution is 2.65. The third kappa shape index (κ3) is 3.80. The minimum Gasteiger partial charge on any atom is -0.461 e. The molecule has 192 valence electrons. The summed E-state index contributed by atoms with van der Waals surface area (Å²) in [6.45, 7) is 6.22. The van der Waals surface area contributed by atoms with Gasteiger partial charge in [-0.15, -0.1) is 11.8 Å². The molecular formula is C27H31ClN2O5S. The number of benzene rings is 1. The minimum absolute atomic E-state index is 0.165. The molecular weight excluding hydrogens is 500 g/mol. The van der Waals surface area contributed by atoms with Crippen LogP contribution < -0.4 is 4.90 Å². The SMILES string of the molecule is CC(C)C[C@H](CO)N1C(=O)[C@@H]2[C@@H]3C(=O)OCC=C[C@]3(C)S[C@@]23C=CCN(c2ccc(Cl)cc2)C(=O)C13. The average Bonchev–Trinajstić information content (AvgIpc) is 3.09. The van der Waals surface area contributed by atoms with Gasteiger partial charge in [0.1, 0.15) is 12.6 Å². The number of rotatable bonds is 5. The van der Waals surface area contributed by atoms with Crippen molar-refractivity contribution in [3.8, 4) is 0 Å². The van der Waals surface area contributed by atoms with Crippen LogP contribution in [0.25, 0.3) is 0 Å². The quantitative estimate of drug-likeness (QED) is 0.463. The van der Waals surface area contributed by atoms with Gasteiger partial charge in [0.15, 0.2) is 0 Å². The Morgan fingerprint density at radius 1 is 1.11 bits per heavy atom. The highest BCUT2D eigenvalue weighted by molar-refractivity contribution is 8.02. The second-order valence-electron chi connectivity index (χ2n) is 10.6. The van der Waals surface area contributed by atoms with E-state index in [0.29, 0.717) is 23.7 Å². The number of ether oxygens (including phenoxy) is 1. The van der Waals surface area contributed by atoms with Crippen LogP contribution in [0.5, 0.6) is 0 Å². The van der Waals surface area contributed by atoms with Crippen molar-refractivity contribution in [3.63, 3.8) is 0 Å². The summed E-state index contributed by atoms with van der Waals surface area (Å²) in [5.74, 6) is -2.25. The summed E-state index contributed by atoms with van der Waals surface area (Å²) in [7, 11) is 0. The average molecular weight is 531 g/mol. The number of hydrogen-bond donors (Lipinski definition) is 1. The number of thioether (sulfide) groups is 1. The lowest BCUT2D eigenvalue weighted by molar-refractivity contribution is -0.153. The van der Waals surface area contributed by atoms with E-state index in [0.717, 1.165) is 0 Å². The highest BCUT2D eigenvalue weighted by Gasteiger charge is 2.74. The fourth-order valence-corrected chi connectivity index (χ4v) is 8.63. The summed E-state index contributed by atoms with van der Waals surface area (Å²) in [6, 6.07) is 5.61. The number of anilines is 1. The predicted molar refractivity (Wildman–Crippen MR) is 140 cm³/mol. The maximum atomic E-state index is 14.4. The number of esters is 1. The van der Waals surface area contributed by atoms with E-state index in [2.05, 4.69) is 0 Å². The number of nitrogens with zero attached hydrogens (tertiary/aromatic N) is 2. The summed E-state index contributed by atoms with van der Waals surface area (Å²) in [5.41, 5.74) is 0.675. The molecule has 1 aromatic carbocycles. The van der Waals surface area contributed by atoms with Gasteiger partial charge in [0.05, 0.1) is 29.2 Å². The number of carbonyl (C=O) groups is 3. The van der Waals surface area contributed by atoms with Gasteiger partial charge in [0.2, 0.25) is 5.91 Å². The van der Waals surface area contributed by atoms with Crippen LogP contribution in [0.15, 0.2) is 48.6 Å². The summed E-state index contributed by atoms with van der Waals surface area (Å²) >= 11 is 7.59. The van der Waals surface area contributed by atoms with Crippen LogP contribution in [0.1, 0.15) is 27.2 Å². The Balaban J connectivity index is 1.67. The first-order chi connectivity index (χ1) is 17.1. The van der Waals surface area contributed by atoms with Gasteiger partial charge < -0.3 is 19.6 Å². The molecule has 36 heavy (non-hydrogen) atoms. The van der Waals surface area contributed by atoms with E-state index in [4.69, 9.17) is 16.3 Å². The molecule has 9 heteroatoms. The van der Waals surface area contributed by atoms with Crippen molar-refractivity contribution in [2.45, 2.75) is 48.8 Å². The molecule has 0 aromatic heterocycles. The smallest absolute Gasteiger partial charge is 0.311 e. The van der Waals surface area contributed by atoms with Crippen LogP contribution in [0.3, 0.4) is 0 Å². The number of aliphatic hydroxyl groups is 1. The fourth-order valence-electron chi connectivity index (χ4n) is 6.36. The zero-order valence-electron chi connectivity index (χ0n) is 20.6. The molecule has 6 atom stereocenters. The van der Waals surface area contributed by atoms with Crippen LogP contribution in [0.4, 0.5) is 5.69 Å². The van der Waals surface area contributed by atoms with Crippen LogP contribution >= 0.6 is 23.4 Å². The van der Waals surface area contributed by atoms with Gasteiger partial charge in [0.25, 0.3) is 5.91 Å². The number of cyclic esters (lactones) is 1. The fraction of sp³-hybridized carbons (Fsp3) is 0.519. The number of halogens is 1. The van der Waals surface area contributed by atoms with Crippen LogP contribution in [-0.4, -0.2) is 69.1 Å². The Morgan fingerprint density at radius 3 is 2.50 bits per heavy atom. The van der Waals surface area contributed by atoms with Gasteiger partial charge in [0, 0.05) is 22.0 Å². The zero-order valence-corrected chi connectivity index (χ0v) is 22.2. The monoisotopic (exact) mass is 530 g/mol. The van der Waals surface area contributed by atoms with Gasteiger partial charge in [-0.25, -0.2) is 0 Å². The molecule has 0 saturated carbocycles. The molecule has 1 unspecified atom stereocenters. The number of fused-ring (bicyclic) bond motifs is 2. The molecule has 2 amide bonds. The van der Waals surface area contributed by atoms with Crippen molar-refractivity contribution in [3.05, 3.63) is 53.6 Å². The Labute approximate surface area is 220 Å². The van der Waals surface area contributed by atoms with Gasteiger partial charge >= 0.3 is 5.97 Å². The zero-order chi connectivity index (χ0) is 25.8. The molecule has 1 spiro atoms. The van der Waals surface area contributed by atoms with Crippen molar-refractivity contribution >= 4 is 46.8 Å². The predicted octanol–water partition coefficient (Wildman–Crippen LogP) is 3.45. The third-order valence-electron chi connectivity index (χ3n) is 7.74. The lowest BCUT2D eigenvalue weighted by Gasteiger charge is -2.40. The van der Waals surface area contributed by atoms with E-state index in [9.17, 15) is 19.5 Å². The van der Waals surface area contributed by atoms with Gasteiger partial charge in [-0.2, -0.15) is 0 Å². The van der Waals surface area contributed by atoms with Gasteiger partial charge in [-0.3, -0.25) is 14.4 Å². The summed E-state index contributed by atoms with van der Waals surface area (Å²) in [5, 5.41) is 11.0. The molecule has 5 rings (SSSR count). The Hall–Kier alpha value is -2.29. The number of carbonyl (C=O) groups excluding carboxylic acids is 3. The number of likely N-dealkylation sites (tertiary alicyclic amines) is 1. The molecule has 4 heterocycles. The van der Waals surface area contributed by atoms with Gasteiger partial charge in [-0.05, 0) is 49.6 Å². The van der Waals surface area contributed by atoms with E-state index < -0.39 is 39.4 Å². The van der Waals surface area contributed by atoms with Crippen molar-refractivity contribution in [2.24, 2.45) is 17.8 Å². The molecule has 7 nitrogen and oxygen atoms in total. The molecule has 4 aliphatic rings. The lowest BCUT2D eigenvalue weighted by atomic mass is 9.75. The molecule has 0 aliphatic carbocycles. The highest BCUT2D eigenvalue weighted by atomic mass is 35.5. The standard InChI is InChI=1S/C27H31ClN2O5S/c1-16(2)14-19(15-31)30-22-24(33)29(18-8-6-17(28)7-9-18)12-4-11-27(22)20(23(30)32)21-25(34)35-13-5-10-26(21,3)36-27/h4-11,16,19-22,31H,12-15H2,1-3H3/t19-,20+,21-,22?,26+,27+/m1/s1. The summed E-state index contributed by atoms with van der Waals surface area (Å²) < 4.78 is 3.79. The molecule has 1 aromatic rings.